The lowest BCUT2D eigenvalue weighted by atomic mass is 9.94. The van der Waals surface area contributed by atoms with Crippen molar-refractivity contribution in [1.82, 2.24) is 0 Å². The van der Waals surface area contributed by atoms with E-state index in [-0.39, 0.29) is 30.1 Å². The van der Waals surface area contributed by atoms with Crippen molar-refractivity contribution >= 4 is 22.3 Å². The van der Waals surface area contributed by atoms with E-state index in [4.69, 9.17) is 9.47 Å². The molecule has 0 saturated carbocycles. The van der Waals surface area contributed by atoms with Gasteiger partial charge < -0.3 is 9.47 Å². The summed E-state index contributed by atoms with van der Waals surface area (Å²) in [6.45, 7) is -0.440. The number of hydrogen-bond donors (Lipinski definition) is 0. The van der Waals surface area contributed by atoms with Crippen LogP contribution in [0.4, 0.5) is 26.3 Å². The first kappa shape index (κ1) is 23.1. The zero-order chi connectivity index (χ0) is 23.5. The normalized spacial score (nSPS) is 11.9. The second-order valence-electron chi connectivity index (χ2n) is 6.51. The summed E-state index contributed by atoms with van der Waals surface area (Å²) < 4.78 is 89.3. The molecule has 0 aliphatic heterocycles. The molecule has 0 saturated heterocycles. The number of alkyl halides is 6. The van der Waals surface area contributed by atoms with Crippen molar-refractivity contribution in [2.75, 3.05) is 13.2 Å². The van der Waals surface area contributed by atoms with Crippen LogP contribution in [0.25, 0.3) is 10.8 Å². The van der Waals surface area contributed by atoms with Crippen LogP contribution >= 0.6 is 0 Å². The van der Waals surface area contributed by atoms with Crippen molar-refractivity contribution < 1.29 is 45.4 Å². The number of rotatable bonds is 7. The van der Waals surface area contributed by atoms with E-state index in [0.29, 0.717) is 5.75 Å². The molecule has 32 heavy (non-hydrogen) atoms. The van der Waals surface area contributed by atoms with E-state index in [0.717, 1.165) is 6.07 Å². The predicted octanol–water partition coefficient (Wildman–Crippen LogP) is 5.79. The highest BCUT2D eigenvalue weighted by atomic mass is 19.4. The lowest BCUT2D eigenvalue weighted by Crippen LogP contribution is -2.26. The Morgan fingerprint density at radius 2 is 1.16 bits per heavy atom. The smallest absolute Gasteiger partial charge is 0.455 e. The number of benzene rings is 3. The highest BCUT2D eigenvalue weighted by Crippen LogP contribution is 2.38. The summed E-state index contributed by atoms with van der Waals surface area (Å²) in [7, 11) is 0. The average Bonchev–Trinajstić information content (AvgIpc) is 2.75. The van der Waals surface area contributed by atoms with Crippen LogP contribution in [0.1, 0.15) is 20.7 Å². The molecule has 3 aromatic carbocycles. The second-order valence-corrected chi connectivity index (χ2v) is 6.51. The maximum absolute atomic E-state index is 13.2. The minimum atomic E-state index is -5.40. The largest absolute Gasteiger partial charge is 0.490 e. The Bertz CT molecular complexity index is 1140. The molecular formula is C22H14F6O4. The van der Waals surface area contributed by atoms with Crippen LogP contribution in [0.5, 0.6) is 11.5 Å². The van der Waals surface area contributed by atoms with Gasteiger partial charge in [0.1, 0.15) is 24.7 Å². The Labute approximate surface area is 177 Å². The molecule has 0 bridgehead atoms. The molecule has 0 amide bonds. The molecule has 0 heterocycles. The molecule has 0 atom stereocenters. The summed E-state index contributed by atoms with van der Waals surface area (Å²) in [4.78, 5) is 23.8. The van der Waals surface area contributed by atoms with Gasteiger partial charge in [0.05, 0.1) is 5.56 Å². The van der Waals surface area contributed by atoms with Gasteiger partial charge in [-0.25, -0.2) is 0 Å². The molecule has 0 aromatic heterocycles. The molecule has 10 heteroatoms. The summed E-state index contributed by atoms with van der Waals surface area (Å²) in [5.74, 6) is -4.93. The standard InChI is InChI=1S/C22H14F6O4/c23-21(24,25)19(29)16-12-17(20(30)22(26,27)28)18(15-9-5-4-8-14(15)16)32-11-10-31-13-6-2-1-3-7-13/h1-9,12H,10-11H2. The van der Waals surface area contributed by atoms with Crippen LogP contribution < -0.4 is 9.47 Å². The fourth-order valence-corrected chi connectivity index (χ4v) is 2.99. The van der Waals surface area contributed by atoms with Crippen LogP contribution in [-0.2, 0) is 0 Å². The SMILES string of the molecule is O=C(c1cc(C(=O)C(F)(F)F)c2ccccc2c1OCCOc1ccccc1)C(F)(F)F. The van der Waals surface area contributed by atoms with Gasteiger partial charge in [-0.05, 0) is 23.6 Å². The lowest BCUT2D eigenvalue weighted by molar-refractivity contribution is -0.0888. The van der Waals surface area contributed by atoms with E-state index in [9.17, 15) is 35.9 Å². The molecule has 0 aliphatic carbocycles. The first-order chi connectivity index (χ1) is 15.0. The minimum Gasteiger partial charge on any atom is -0.490 e. The summed E-state index contributed by atoms with van der Waals surface area (Å²) in [6.07, 6.45) is -10.8. The van der Waals surface area contributed by atoms with Crippen molar-refractivity contribution in [2.24, 2.45) is 0 Å². The fraction of sp³-hybridized carbons (Fsp3) is 0.182. The summed E-state index contributed by atoms with van der Waals surface area (Å²) in [5, 5.41) is -0.539. The van der Waals surface area contributed by atoms with E-state index in [1.807, 2.05) is 0 Å². The molecule has 0 radical (unpaired) electrons. The van der Waals surface area contributed by atoms with Gasteiger partial charge in [0, 0.05) is 10.9 Å². The predicted molar refractivity (Wildman–Crippen MR) is 102 cm³/mol. The van der Waals surface area contributed by atoms with Crippen LogP contribution in [0.2, 0.25) is 0 Å². The van der Waals surface area contributed by atoms with E-state index < -0.39 is 40.8 Å². The van der Waals surface area contributed by atoms with Crippen molar-refractivity contribution in [1.29, 1.82) is 0 Å². The van der Waals surface area contributed by atoms with E-state index in [2.05, 4.69) is 0 Å². The lowest BCUT2D eigenvalue weighted by Gasteiger charge is -2.18. The molecule has 0 aliphatic rings. The number of halogens is 6. The van der Waals surface area contributed by atoms with Gasteiger partial charge in [-0.2, -0.15) is 26.3 Å². The summed E-state index contributed by atoms with van der Waals surface area (Å²) in [5.41, 5.74) is -2.27. The number of hydrogen-bond acceptors (Lipinski definition) is 4. The number of fused-ring (bicyclic) bond motifs is 1. The summed E-state index contributed by atoms with van der Waals surface area (Å²) >= 11 is 0. The Morgan fingerprint density at radius 1 is 0.656 bits per heavy atom. The van der Waals surface area contributed by atoms with Gasteiger partial charge in [-0.15, -0.1) is 0 Å². The van der Waals surface area contributed by atoms with Gasteiger partial charge in [-0.1, -0.05) is 42.5 Å². The van der Waals surface area contributed by atoms with Gasteiger partial charge >= 0.3 is 12.4 Å². The highest BCUT2D eigenvalue weighted by Gasteiger charge is 2.44. The van der Waals surface area contributed by atoms with Crippen molar-refractivity contribution in [3.05, 3.63) is 71.8 Å². The van der Waals surface area contributed by atoms with E-state index >= 15 is 0 Å². The molecule has 3 rings (SSSR count). The third kappa shape index (κ3) is 5.01. The van der Waals surface area contributed by atoms with Crippen LogP contribution in [-0.4, -0.2) is 37.1 Å². The number of carbonyl (C=O) groups excluding carboxylic acids is 2. The van der Waals surface area contributed by atoms with Gasteiger partial charge in [0.2, 0.25) is 0 Å². The van der Waals surface area contributed by atoms with E-state index in [1.165, 1.54) is 18.2 Å². The second kappa shape index (κ2) is 8.89. The average molecular weight is 456 g/mol. The van der Waals surface area contributed by atoms with Crippen LogP contribution in [0, 0.1) is 0 Å². The first-order valence-corrected chi connectivity index (χ1v) is 9.09. The first-order valence-electron chi connectivity index (χ1n) is 9.09. The van der Waals surface area contributed by atoms with Gasteiger partial charge in [0.25, 0.3) is 11.6 Å². The molecular weight excluding hydrogens is 442 g/mol. The monoisotopic (exact) mass is 456 g/mol. The minimum absolute atomic E-state index is 0.124. The van der Waals surface area contributed by atoms with Gasteiger partial charge in [0.15, 0.2) is 0 Å². The molecule has 0 N–H and O–H groups in total. The maximum Gasteiger partial charge on any atom is 0.455 e. The molecule has 0 fully saturated rings. The zero-order valence-corrected chi connectivity index (χ0v) is 16.1. The third-order valence-corrected chi connectivity index (χ3v) is 4.34. The molecule has 3 aromatic rings. The van der Waals surface area contributed by atoms with Crippen molar-refractivity contribution in [3.8, 4) is 11.5 Å². The number of ketones is 2. The quantitative estimate of drug-likeness (QED) is 0.257. The Morgan fingerprint density at radius 3 is 1.75 bits per heavy atom. The Balaban J connectivity index is 2.05. The highest BCUT2D eigenvalue weighted by molar-refractivity contribution is 6.16. The summed E-state index contributed by atoms with van der Waals surface area (Å²) in [6, 6.07) is 13.6. The van der Waals surface area contributed by atoms with Crippen molar-refractivity contribution in [3.63, 3.8) is 0 Å². The molecule has 4 nitrogen and oxygen atoms in total. The fourth-order valence-electron chi connectivity index (χ4n) is 2.99. The number of carbonyl (C=O) groups is 2. The zero-order valence-electron chi connectivity index (χ0n) is 16.1. The number of Topliss-reactive ketones (excluding diaryl/α,β-unsaturated/α-hetero) is 2. The van der Waals surface area contributed by atoms with Gasteiger partial charge in [-0.3, -0.25) is 9.59 Å². The number of ether oxygens (including phenoxy) is 2. The van der Waals surface area contributed by atoms with Crippen LogP contribution in [0.15, 0.2) is 60.7 Å². The van der Waals surface area contributed by atoms with Crippen molar-refractivity contribution in [2.45, 2.75) is 12.4 Å². The maximum atomic E-state index is 13.2. The van der Waals surface area contributed by atoms with Crippen LogP contribution in [0.3, 0.4) is 0 Å². The van der Waals surface area contributed by atoms with E-state index in [1.54, 1.807) is 30.3 Å². The third-order valence-electron chi connectivity index (χ3n) is 4.34. The number of para-hydroxylation sites is 1. The molecule has 0 spiro atoms. The molecule has 0 unspecified atom stereocenters. The topological polar surface area (TPSA) is 52.6 Å². The Hall–Kier alpha value is -3.56. The Kier molecular flexibility index (Phi) is 6.42. The molecule has 168 valence electrons.